The molecule has 0 aromatic heterocycles. The van der Waals surface area contributed by atoms with Gasteiger partial charge < -0.3 is 4.74 Å². The average molecular weight is 220 g/mol. The second kappa shape index (κ2) is 7.04. The molecule has 0 aliphatic rings. The molecule has 0 heterocycles. The minimum absolute atomic E-state index is 0.0901. The molecule has 0 saturated heterocycles. The van der Waals surface area contributed by atoms with Crippen molar-refractivity contribution in [2.45, 2.75) is 39.5 Å². The quantitative estimate of drug-likeness (QED) is 0.688. The second-order valence-corrected chi connectivity index (χ2v) is 3.89. The fourth-order valence-electron chi connectivity index (χ4n) is 1.50. The molecule has 0 aliphatic carbocycles. The number of carbonyl (C=O) groups excluding carboxylic acids is 1. The number of hydrogen-bond donors (Lipinski definition) is 0. The Balaban J connectivity index is 2.29. The lowest BCUT2D eigenvalue weighted by molar-refractivity contribution is -0.143. The van der Waals surface area contributed by atoms with Gasteiger partial charge in [0.05, 0.1) is 6.61 Å². The Bertz CT molecular complexity index is 314. The van der Waals surface area contributed by atoms with E-state index >= 15 is 0 Å². The van der Waals surface area contributed by atoms with Crippen LogP contribution >= 0.6 is 0 Å². The van der Waals surface area contributed by atoms with E-state index in [0.717, 1.165) is 19.3 Å². The van der Waals surface area contributed by atoms with Crippen molar-refractivity contribution in [2.75, 3.05) is 6.61 Å². The van der Waals surface area contributed by atoms with Gasteiger partial charge >= 0.3 is 5.97 Å². The summed E-state index contributed by atoms with van der Waals surface area (Å²) in [5.74, 6) is -0.0901. The SMILES string of the molecule is CCCC(=O)OCCc1ccc(CC)cc1. The first-order valence-electron chi connectivity index (χ1n) is 5.99. The highest BCUT2D eigenvalue weighted by atomic mass is 16.5. The lowest BCUT2D eigenvalue weighted by Gasteiger charge is -2.04. The molecule has 88 valence electrons. The molecule has 16 heavy (non-hydrogen) atoms. The maximum absolute atomic E-state index is 11.1. The third-order valence-corrected chi connectivity index (χ3v) is 2.54. The van der Waals surface area contributed by atoms with Gasteiger partial charge in [0.2, 0.25) is 0 Å². The number of rotatable bonds is 6. The highest BCUT2D eigenvalue weighted by Gasteiger charge is 2.00. The number of esters is 1. The largest absolute Gasteiger partial charge is 0.465 e. The molecule has 2 nitrogen and oxygen atoms in total. The zero-order valence-electron chi connectivity index (χ0n) is 10.2. The van der Waals surface area contributed by atoms with Crippen LogP contribution in [0.5, 0.6) is 0 Å². The first-order valence-corrected chi connectivity index (χ1v) is 5.99. The van der Waals surface area contributed by atoms with E-state index in [-0.39, 0.29) is 5.97 Å². The molecular formula is C14H20O2. The normalized spacial score (nSPS) is 10.1. The third-order valence-electron chi connectivity index (χ3n) is 2.54. The Morgan fingerprint density at radius 2 is 1.75 bits per heavy atom. The molecule has 1 aromatic carbocycles. The van der Waals surface area contributed by atoms with Gasteiger partial charge in [-0.3, -0.25) is 4.79 Å². The number of ether oxygens (including phenoxy) is 1. The monoisotopic (exact) mass is 220 g/mol. The Labute approximate surface area is 97.6 Å². The van der Waals surface area contributed by atoms with Gasteiger partial charge in [-0.15, -0.1) is 0 Å². The zero-order chi connectivity index (χ0) is 11.8. The average Bonchev–Trinajstić information content (AvgIpc) is 2.30. The van der Waals surface area contributed by atoms with Gasteiger partial charge in [-0.05, 0) is 24.0 Å². The van der Waals surface area contributed by atoms with Crippen LogP contribution in [0.2, 0.25) is 0 Å². The lowest BCUT2D eigenvalue weighted by Crippen LogP contribution is -2.06. The van der Waals surface area contributed by atoms with Gasteiger partial charge in [-0.1, -0.05) is 38.1 Å². The molecule has 0 unspecified atom stereocenters. The van der Waals surface area contributed by atoms with Crippen molar-refractivity contribution >= 4 is 5.97 Å². The van der Waals surface area contributed by atoms with Gasteiger partial charge in [-0.2, -0.15) is 0 Å². The minimum atomic E-state index is -0.0901. The molecule has 0 saturated carbocycles. The summed E-state index contributed by atoms with van der Waals surface area (Å²) >= 11 is 0. The molecule has 1 rings (SSSR count). The van der Waals surface area contributed by atoms with Crippen LogP contribution in [-0.2, 0) is 22.4 Å². The summed E-state index contributed by atoms with van der Waals surface area (Å²) in [4.78, 5) is 11.1. The summed E-state index contributed by atoms with van der Waals surface area (Å²) in [6.07, 6.45) is 3.24. The van der Waals surface area contributed by atoms with E-state index in [1.807, 2.05) is 6.92 Å². The van der Waals surface area contributed by atoms with Crippen LogP contribution in [0.15, 0.2) is 24.3 Å². The van der Waals surface area contributed by atoms with Crippen LogP contribution in [-0.4, -0.2) is 12.6 Å². The van der Waals surface area contributed by atoms with Gasteiger partial charge in [-0.25, -0.2) is 0 Å². The highest BCUT2D eigenvalue weighted by Crippen LogP contribution is 2.06. The topological polar surface area (TPSA) is 26.3 Å². The Morgan fingerprint density at radius 1 is 1.12 bits per heavy atom. The Hall–Kier alpha value is -1.31. The van der Waals surface area contributed by atoms with Crippen molar-refractivity contribution < 1.29 is 9.53 Å². The molecule has 0 N–H and O–H groups in total. The van der Waals surface area contributed by atoms with Gasteiger partial charge in [0.15, 0.2) is 0 Å². The molecule has 0 aliphatic heterocycles. The van der Waals surface area contributed by atoms with E-state index in [9.17, 15) is 4.79 Å². The number of aryl methyl sites for hydroxylation is 1. The maximum atomic E-state index is 11.1. The van der Waals surface area contributed by atoms with Crippen molar-refractivity contribution in [3.05, 3.63) is 35.4 Å². The van der Waals surface area contributed by atoms with Crippen molar-refractivity contribution in [2.24, 2.45) is 0 Å². The van der Waals surface area contributed by atoms with Crippen molar-refractivity contribution in [1.29, 1.82) is 0 Å². The second-order valence-electron chi connectivity index (χ2n) is 3.89. The molecule has 0 fully saturated rings. The van der Waals surface area contributed by atoms with Crippen LogP contribution in [0.25, 0.3) is 0 Å². The van der Waals surface area contributed by atoms with Crippen LogP contribution in [0.3, 0.4) is 0 Å². The number of carbonyl (C=O) groups is 1. The summed E-state index contributed by atoms with van der Waals surface area (Å²) in [6, 6.07) is 8.46. The number of hydrogen-bond acceptors (Lipinski definition) is 2. The fourth-order valence-corrected chi connectivity index (χ4v) is 1.50. The van der Waals surface area contributed by atoms with Crippen LogP contribution in [0.4, 0.5) is 0 Å². The third kappa shape index (κ3) is 4.47. The van der Waals surface area contributed by atoms with Crippen LogP contribution in [0, 0.1) is 0 Å². The van der Waals surface area contributed by atoms with Gasteiger partial charge in [0.1, 0.15) is 0 Å². The van der Waals surface area contributed by atoms with Crippen LogP contribution < -0.4 is 0 Å². The smallest absolute Gasteiger partial charge is 0.305 e. The van der Waals surface area contributed by atoms with E-state index in [1.54, 1.807) is 0 Å². The fraction of sp³-hybridized carbons (Fsp3) is 0.500. The van der Waals surface area contributed by atoms with Crippen molar-refractivity contribution in [3.8, 4) is 0 Å². The maximum Gasteiger partial charge on any atom is 0.305 e. The summed E-state index contributed by atoms with van der Waals surface area (Å²) < 4.78 is 5.10. The van der Waals surface area contributed by atoms with Crippen molar-refractivity contribution in [3.63, 3.8) is 0 Å². The van der Waals surface area contributed by atoms with E-state index in [1.165, 1.54) is 11.1 Å². The zero-order valence-corrected chi connectivity index (χ0v) is 10.2. The summed E-state index contributed by atoms with van der Waals surface area (Å²) in [5.41, 5.74) is 2.56. The molecule has 0 radical (unpaired) electrons. The number of benzene rings is 1. The molecule has 0 spiro atoms. The molecule has 1 aromatic rings. The summed E-state index contributed by atoms with van der Waals surface area (Å²) in [7, 11) is 0. The standard InChI is InChI=1S/C14H20O2/c1-3-5-14(15)16-11-10-13-8-6-12(4-2)7-9-13/h6-9H,3-5,10-11H2,1-2H3. The lowest BCUT2D eigenvalue weighted by atomic mass is 10.1. The predicted octanol–water partition coefficient (Wildman–Crippen LogP) is 3.13. The predicted molar refractivity (Wildman–Crippen MR) is 65.4 cm³/mol. The van der Waals surface area contributed by atoms with Crippen molar-refractivity contribution in [1.82, 2.24) is 0 Å². The van der Waals surface area contributed by atoms with Crippen LogP contribution in [0.1, 0.15) is 37.8 Å². The van der Waals surface area contributed by atoms with E-state index in [0.29, 0.717) is 13.0 Å². The molecule has 2 heteroatoms. The van der Waals surface area contributed by atoms with E-state index in [2.05, 4.69) is 31.2 Å². The summed E-state index contributed by atoms with van der Waals surface area (Å²) in [6.45, 7) is 4.61. The minimum Gasteiger partial charge on any atom is -0.465 e. The Morgan fingerprint density at radius 3 is 2.31 bits per heavy atom. The molecule has 0 atom stereocenters. The van der Waals surface area contributed by atoms with Gasteiger partial charge in [0, 0.05) is 12.8 Å². The first-order chi connectivity index (χ1) is 7.76. The molecule has 0 bridgehead atoms. The molecular weight excluding hydrogens is 200 g/mol. The van der Waals surface area contributed by atoms with E-state index in [4.69, 9.17) is 4.74 Å². The van der Waals surface area contributed by atoms with Gasteiger partial charge in [0.25, 0.3) is 0 Å². The molecule has 0 amide bonds. The first kappa shape index (κ1) is 12.8. The summed E-state index contributed by atoms with van der Waals surface area (Å²) in [5, 5.41) is 0. The Kier molecular flexibility index (Phi) is 5.62. The highest BCUT2D eigenvalue weighted by molar-refractivity contribution is 5.69. The van der Waals surface area contributed by atoms with E-state index < -0.39 is 0 Å².